The summed E-state index contributed by atoms with van der Waals surface area (Å²) in [6.07, 6.45) is 2.05. The van der Waals surface area contributed by atoms with E-state index in [-0.39, 0.29) is 17.6 Å². The number of hydrogen-bond donors (Lipinski definition) is 1. The highest BCUT2D eigenvalue weighted by Gasteiger charge is 2.43. The Morgan fingerprint density at radius 2 is 2.22 bits per heavy atom. The number of carbonyl (C=O) groups is 1. The van der Waals surface area contributed by atoms with Crippen molar-refractivity contribution in [2.24, 2.45) is 0 Å². The minimum Gasteiger partial charge on any atom is -0.377 e. The van der Waals surface area contributed by atoms with Gasteiger partial charge in [-0.1, -0.05) is 24.3 Å². The Hall–Kier alpha value is -2.02. The van der Waals surface area contributed by atoms with Gasteiger partial charge in [0.25, 0.3) is 0 Å². The first-order valence-electron chi connectivity index (χ1n) is 9.70. The second kappa shape index (κ2) is 7.92. The van der Waals surface area contributed by atoms with Crippen molar-refractivity contribution in [3.8, 4) is 0 Å². The third-order valence-corrected chi connectivity index (χ3v) is 5.47. The summed E-state index contributed by atoms with van der Waals surface area (Å²) >= 11 is 0. The summed E-state index contributed by atoms with van der Waals surface area (Å²) < 4.78 is 12.1. The predicted octanol–water partition coefficient (Wildman–Crippen LogP) is 2.12. The van der Waals surface area contributed by atoms with Gasteiger partial charge in [-0.15, -0.1) is 0 Å². The minimum atomic E-state index is -0.351. The fraction of sp³-hybridized carbons (Fsp3) is 0.524. The molecule has 6 nitrogen and oxygen atoms in total. The maximum atomic E-state index is 11.8. The normalized spacial score (nSPS) is 25.8. The molecule has 0 radical (unpaired) electrons. The lowest BCUT2D eigenvalue weighted by atomic mass is 10.00. The predicted molar refractivity (Wildman–Crippen MR) is 103 cm³/mol. The van der Waals surface area contributed by atoms with Crippen LogP contribution in [0.25, 0.3) is 10.9 Å². The summed E-state index contributed by atoms with van der Waals surface area (Å²) in [7, 11) is 0. The molecule has 0 aliphatic carbocycles. The first-order valence-corrected chi connectivity index (χ1v) is 9.70. The monoisotopic (exact) mass is 369 g/mol. The molecule has 0 saturated carbocycles. The van der Waals surface area contributed by atoms with E-state index in [0.29, 0.717) is 32.8 Å². The van der Waals surface area contributed by atoms with Crippen LogP contribution in [0.5, 0.6) is 0 Å². The Morgan fingerprint density at radius 3 is 3.11 bits per heavy atom. The van der Waals surface area contributed by atoms with Crippen LogP contribution in [0.15, 0.2) is 36.4 Å². The summed E-state index contributed by atoms with van der Waals surface area (Å²) in [5.74, 6) is 0.0902. The highest BCUT2D eigenvalue weighted by atomic mass is 16.6. The number of pyridine rings is 1. The van der Waals surface area contributed by atoms with Gasteiger partial charge in [-0.2, -0.15) is 0 Å². The van der Waals surface area contributed by atoms with Crippen molar-refractivity contribution in [1.82, 2.24) is 15.2 Å². The van der Waals surface area contributed by atoms with Crippen molar-refractivity contribution in [2.45, 2.75) is 38.0 Å². The quantitative estimate of drug-likeness (QED) is 0.894. The lowest BCUT2D eigenvalue weighted by Crippen LogP contribution is -2.46. The van der Waals surface area contributed by atoms with Gasteiger partial charge in [0.2, 0.25) is 5.91 Å². The second-order valence-electron chi connectivity index (χ2n) is 7.58. The molecular formula is C21H27N3O3. The van der Waals surface area contributed by atoms with Crippen molar-refractivity contribution in [2.75, 3.05) is 32.8 Å². The molecule has 1 aromatic heterocycles. The highest BCUT2D eigenvalue weighted by molar-refractivity contribution is 5.78. The van der Waals surface area contributed by atoms with Gasteiger partial charge in [-0.05, 0) is 25.0 Å². The fourth-order valence-corrected chi connectivity index (χ4v) is 4.00. The zero-order valence-electron chi connectivity index (χ0n) is 15.8. The molecule has 0 bridgehead atoms. The summed E-state index contributed by atoms with van der Waals surface area (Å²) in [5.41, 5.74) is 1.70. The number of fused-ring (bicyclic) bond motifs is 1. The number of rotatable bonds is 4. The maximum Gasteiger partial charge on any atom is 0.219 e. The fourth-order valence-electron chi connectivity index (χ4n) is 4.00. The van der Waals surface area contributed by atoms with Crippen LogP contribution >= 0.6 is 0 Å². The molecular weight excluding hydrogens is 342 g/mol. The van der Waals surface area contributed by atoms with Crippen molar-refractivity contribution in [3.05, 3.63) is 42.1 Å². The first kappa shape index (κ1) is 18.3. The molecule has 2 fully saturated rings. The van der Waals surface area contributed by atoms with Crippen LogP contribution < -0.4 is 5.32 Å². The van der Waals surface area contributed by atoms with E-state index in [1.807, 2.05) is 23.1 Å². The number of hydrogen-bond acceptors (Lipinski definition) is 5. The SMILES string of the molecule is CC(=O)N1CCOC[C@@]2(CC[C@H](CNCc3ccc4ccccc4n3)O2)C1. The van der Waals surface area contributed by atoms with Gasteiger partial charge in [0, 0.05) is 31.9 Å². The van der Waals surface area contributed by atoms with E-state index in [4.69, 9.17) is 14.5 Å². The molecule has 1 N–H and O–H groups in total. The standard InChI is InChI=1S/C21H27N3O3/c1-16(25)24-10-11-26-15-21(14-24)9-8-19(27-21)13-22-12-18-7-6-17-4-2-3-5-20(17)23-18/h2-7,19,22H,8-15H2,1H3/t19-,21-/m1/s1. The number of benzene rings is 1. The van der Waals surface area contributed by atoms with Gasteiger partial charge in [-0.3, -0.25) is 9.78 Å². The molecule has 27 heavy (non-hydrogen) atoms. The Balaban J connectivity index is 1.31. The molecule has 3 heterocycles. The van der Waals surface area contributed by atoms with Crippen molar-refractivity contribution in [1.29, 1.82) is 0 Å². The van der Waals surface area contributed by atoms with Crippen molar-refractivity contribution < 1.29 is 14.3 Å². The summed E-state index contributed by atoms with van der Waals surface area (Å²) in [6.45, 7) is 5.54. The van der Waals surface area contributed by atoms with Crippen molar-refractivity contribution >= 4 is 16.8 Å². The molecule has 4 rings (SSSR count). The molecule has 6 heteroatoms. The molecule has 1 amide bonds. The van der Waals surface area contributed by atoms with E-state index in [9.17, 15) is 4.79 Å². The molecule has 0 unspecified atom stereocenters. The molecule has 2 saturated heterocycles. The number of aromatic nitrogens is 1. The third-order valence-electron chi connectivity index (χ3n) is 5.47. The average molecular weight is 369 g/mol. The van der Waals surface area contributed by atoms with Crippen LogP contribution in [-0.4, -0.2) is 60.3 Å². The lowest BCUT2D eigenvalue weighted by Gasteiger charge is -2.31. The molecule has 1 spiro atoms. The maximum absolute atomic E-state index is 11.8. The van der Waals surface area contributed by atoms with E-state index >= 15 is 0 Å². The van der Waals surface area contributed by atoms with Gasteiger partial charge < -0.3 is 19.7 Å². The number of nitrogens with zero attached hydrogens (tertiary/aromatic N) is 2. The van der Waals surface area contributed by atoms with Crippen LogP contribution in [-0.2, 0) is 20.8 Å². The van der Waals surface area contributed by atoms with Crippen LogP contribution in [0.1, 0.15) is 25.5 Å². The molecule has 144 valence electrons. The number of nitrogens with one attached hydrogen (secondary N) is 1. The van der Waals surface area contributed by atoms with Crippen LogP contribution in [0.3, 0.4) is 0 Å². The van der Waals surface area contributed by atoms with Gasteiger partial charge in [0.1, 0.15) is 5.60 Å². The van der Waals surface area contributed by atoms with Gasteiger partial charge in [-0.25, -0.2) is 0 Å². The smallest absolute Gasteiger partial charge is 0.219 e. The molecule has 2 aliphatic rings. The molecule has 2 atom stereocenters. The van der Waals surface area contributed by atoms with E-state index in [0.717, 1.165) is 36.0 Å². The lowest BCUT2D eigenvalue weighted by molar-refractivity contribution is -0.133. The summed E-state index contributed by atoms with van der Waals surface area (Å²) in [4.78, 5) is 18.3. The highest BCUT2D eigenvalue weighted by Crippen LogP contribution is 2.32. The van der Waals surface area contributed by atoms with Crippen LogP contribution in [0, 0.1) is 0 Å². The molecule has 1 aromatic carbocycles. The Kier molecular flexibility index (Phi) is 5.38. The van der Waals surface area contributed by atoms with E-state index in [1.54, 1.807) is 6.92 Å². The molecule has 2 aromatic rings. The van der Waals surface area contributed by atoms with E-state index < -0.39 is 0 Å². The van der Waals surface area contributed by atoms with Gasteiger partial charge in [0.05, 0.1) is 37.1 Å². The number of amides is 1. The first-order chi connectivity index (χ1) is 13.1. The second-order valence-corrected chi connectivity index (χ2v) is 7.58. The topological polar surface area (TPSA) is 63.7 Å². The van der Waals surface area contributed by atoms with Crippen molar-refractivity contribution in [3.63, 3.8) is 0 Å². The van der Waals surface area contributed by atoms with E-state index in [1.165, 1.54) is 0 Å². The van der Waals surface area contributed by atoms with Gasteiger partial charge >= 0.3 is 0 Å². The Labute approximate surface area is 159 Å². The zero-order chi connectivity index (χ0) is 18.7. The minimum absolute atomic E-state index is 0.0902. The Morgan fingerprint density at radius 1 is 1.33 bits per heavy atom. The van der Waals surface area contributed by atoms with Crippen LogP contribution in [0.2, 0.25) is 0 Å². The average Bonchev–Trinajstić information content (AvgIpc) is 2.93. The van der Waals surface area contributed by atoms with Gasteiger partial charge in [0.15, 0.2) is 0 Å². The Bertz CT molecular complexity index is 812. The summed E-state index contributed by atoms with van der Waals surface area (Å²) in [6, 6.07) is 12.3. The van der Waals surface area contributed by atoms with Crippen LogP contribution in [0.4, 0.5) is 0 Å². The third kappa shape index (κ3) is 4.29. The number of carbonyl (C=O) groups excluding carboxylic acids is 1. The zero-order valence-corrected chi connectivity index (χ0v) is 15.8. The number of ether oxygens (including phenoxy) is 2. The molecule has 2 aliphatic heterocycles. The largest absolute Gasteiger partial charge is 0.377 e. The van der Waals surface area contributed by atoms with E-state index in [2.05, 4.69) is 23.5 Å². The number of para-hydroxylation sites is 1. The summed E-state index contributed by atoms with van der Waals surface area (Å²) in [5, 5.41) is 4.63.